The number of amides is 1. The summed E-state index contributed by atoms with van der Waals surface area (Å²) in [7, 11) is 0. The molecule has 12 heavy (non-hydrogen) atoms. The molecule has 0 unspecified atom stereocenters. The normalized spacial score (nSPS) is 22.1. The first-order valence-corrected chi connectivity index (χ1v) is 4.23. The van der Waals surface area contributed by atoms with Crippen LogP contribution in [-0.4, -0.2) is 12.7 Å². The highest BCUT2D eigenvalue weighted by molar-refractivity contribution is 9.10. The average Bonchev–Trinajstić information content (AvgIpc) is 2.58. The number of hydrogen-bond acceptors (Lipinski definition) is 3. The lowest BCUT2D eigenvalue weighted by atomic mass is 10.2. The SMILES string of the molecule is O=C1N[C@H](c2ccc(Br)o2)CO1. The molecule has 1 aliphatic rings. The Kier molecular flexibility index (Phi) is 1.80. The van der Waals surface area contributed by atoms with Gasteiger partial charge >= 0.3 is 6.09 Å². The fraction of sp³-hybridized carbons (Fsp3) is 0.286. The fourth-order valence-corrected chi connectivity index (χ4v) is 1.37. The van der Waals surface area contributed by atoms with Gasteiger partial charge in [0.15, 0.2) is 4.67 Å². The predicted molar refractivity (Wildman–Crippen MR) is 43.6 cm³/mol. The molecule has 1 saturated heterocycles. The Balaban J connectivity index is 2.15. The molecule has 0 radical (unpaired) electrons. The molecule has 2 heterocycles. The van der Waals surface area contributed by atoms with Gasteiger partial charge in [-0.1, -0.05) is 0 Å². The van der Waals surface area contributed by atoms with Crippen LogP contribution in [0.15, 0.2) is 21.2 Å². The maximum atomic E-state index is 10.6. The van der Waals surface area contributed by atoms with Crippen LogP contribution in [0.25, 0.3) is 0 Å². The molecule has 1 N–H and O–H groups in total. The fourth-order valence-electron chi connectivity index (χ4n) is 1.05. The largest absolute Gasteiger partial charge is 0.452 e. The van der Waals surface area contributed by atoms with Crippen LogP contribution in [0.5, 0.6) is 0 Å². The molecule has 1 amide bonds. The van der Waals surface area contributed by atoms with Gasteiger partial charge in [0.05, 0.1) is 0 Å². The molecule has 4 nitrogen and oxygen atoms in total. The van der Waals surface area contributed by atoms with Crippen molar-refractivity contribution in [3.63, 3.8) is 0 Å². The van der Waals surface area contributed by atoms with Crippen molar-refractivity contribution in [1.82, 2.24) is 5.32 Å². The number of furan rings is 1. The number of ether oxygens (including phenoxy) is 1. The first-order chi connectivity index (χ1) is 5.75. The molecule has 1 atom stereocenters. The maximum absolute atomic E-state index is 10.6. The molecule has 64 valence electrons. The zero-order valence-corrected chi connectivity index (χ0v) is 7.63. The second-order valence-electron chi connectivity index (χ2n) is 2.44. The topological polar surface area (TPSA) is 51.5 Å². The summed E-state index contributed by atoms with van der Waals surface area (Å²) in [6, 6.07) is 3.42. The zero-order valence-electron chi connectivity index (χ0n) is 6.04. The first kappa shape index (κ1) is 7.67. The summed E-state index contributed by atoms with van der Waals surface area (Å²) in [6.45, 7) is 0.332. The Bertz CT molecular complexity index is 309. The van der Waals surface area contributed by atoms with E-state index in [1.54, 1.807) is 12.1 Å². The summed E-state index contributed by atoms with van der Waals surface area (Å²) in [5.41, 5.74) is 0. The highest BCUT2D eigenvalue weighted by atomic mass is 79.9. The minimum Gasteiger partial charge on any atom is -0.452 e. The van der Waals surface area contributed by atoms with Crippen molar-refractivity contribution >= 4 is 22.0 Å². The van der Waals surface area contributed by atoms with E-state index in [-0.39, 0.29) is 6.04 Å². The van der Waals surface area contributed by atoms with Gasteiger partial charge in [-0.3, -0.25) is 0 Å². The Labute approximate surface area is 77.0 Å². The molecule has 1 aliphatic heterocycles. The van der Waals surface area contributed by atoms with Gasteiger partial charge in [-0.2, -0.15) is 0 Å². The molecule has 0 aliphatic carbocycles. The molecule has 0 aromatic carbocycles. The van der Waals surface area contributed by atoms with Gasteiger partial charge in [-0.15, -0.1) is 0 Å². The molecule has 1 fully saturated rings. The van der Waals surface area contributed by atoms with Crippen LogP contribution in [0.2, 0.25) is 0 Å². The van der Waals surface area contributed by atoms with E-state index in [1.165, 1.54) is 0 Å². The molecule has 0 saturated carbocycles. The van der Waals surface area contributed by atoms with E-state index in [1.807, 2.05) is 0 Å². The number of hydrogen-bond donors (Lipinski definition) is 1. The second-order valence-corrected chi connectivity index (χ2v) is 3.22. The van der Waals surface area contributed by atoms with Crippen molar-refractivity contribution < 1.29 is 13.9 Å². The number of alkyl carbamates (subject to hydrolysis) is 1. The minimum atomic E-state index is -0.396. The van der Waals surface area contributed by atoms with Crippen molar-refractivity contribution in [2.24, 2.45) is 0 Å². The van der Waals surface area contributed by atoms with E-state index in [4.69, 9.17) is 9.15 Å². The Morgan fingerprint density at radius 2 is 2.42 bits per heavy atom. The van der Waals surface area contributed by atoms with Crippen LogP contribution < -0.4 is 5.32 Å². The predicted octanol–water partition coefficient (Wildman–Crippen LogP) is 1.82. The molecule has 1 aromatic heterocycles. The van der Waals surface area contributed by atoms with Crippen LogP contribution in [0.4, 0.5) is 4.79 Å². The third-order valence-electron chi connectivity index (χ3n) is 1.61. The first-order valence-electron chi connectivity index (χ1n) is 3.44. The third-order valence-corrected chi connectivity index (χ3v) is 2.04. The summed E-state index contributed by atoms with van der Waals surface area (Å²) in [5, 5.41) is 2.61. The van der Waals surface area contributed by atoms with Gasteiger partial charge < -0.3 is 14.5 Å². The summed E-state index contributed by atoms with van der Waals surface area (Å²) < 4.78 is 10.6. The van der Waals surface area contributed by atoms with E-state index in [0.29, 0.717) is 17.0 Å². The van der Waals surface area contributed by atoms with Crippen LogP contribution in [-0.2, 0) is 4.74 Å². The van der Waals surface area contributed by atoms with Crippen molar-refractivity contribution in [1.29, 1.82) is 0 Å². The standard InChI is InChI=1S/C7H6BrNO3/c8-6-2-1-5(12-6)4-3-11-7(10)9-4/h1-2,4H,3H2,(H,9,10)/t4-/m0/s1. The molecule has 0 bridgehead atoms. The summed E-state index contributed by atoms with van der Waals surface area (Å²) in [5.74, 6) is 0.702. The van der Waals surface area contributed by atoms with Crippen molar-refractivity contribution in [3.8, 4) is 0 Å². The number of nitrogens with one attached hydrogen (secondary N) is 1. The number of carbonyl (C=O) groups is 1. The lowest BCUT2D eigenvalue weighted by Crippen LogP contribution is -2.17. The number of carbonyl (C=O) groups excluding carboxylic acids is 1. The Hall–Kier alpha value is -0.970. The maximum Gasteiger partial charge on any atom is 0.407 e. The number of halogens is 1. The molecule has 2 rings (SSSR count). The quantitative estimate of drug-likeness (QED) is 0.803. The second kappa shape index (κ2) is 2.82. The Morgan fingerprint density at radius 3 is 2.92 bits per heavy atom. The molecular formula is C7H6BrNO3. The molecule has 0 spiro atoms. The van der Waals surface area contributed by atoms with Gasteiger partial charge in [0, 0.05) is 0 Å². The number of cyclic esters (lactones) is 1. The van der Waals surface area contributed by atoms with E-state index in [9.17, 15) is 4.79 Å². The van der Waals surface area contributed by atoms with Gasteiger partial charge in [0.1, 0.15) is 18.4 Å². The third kappa shape index (κ3) is 1.32. The van der Waals surface area contributed by atoms with Gasteiger partial charge in [-0.05, 0) is 28.1 Å². The highest BCUT2D eigenvalue weighted by Gasteiger charge is 2.26. The monoisotopic (exact) mass is 231 g/mol. The zero-order chi connectivity index (χ0) is 8.55. The number of rotatable bonds is 1. The lowest BCUT2D eigenvalue weighted by molar-refractivity contribution is 0.176. The summed E-state index contributed by atoms with van der Waals surface area (Å²) in [6.07, 6.45) is -0.396. The van der Waals surface area contributed by atoms with Crippen LogP contribution >= 0.6 is 15.9 Å². The summed E-state index contributed by atoms with van der Waals surface area (Å²) >= 11 is 3.17. The van der Waals surface area contributed by atoms with Crippen molar-refractivity contribution in [2.45, 2.75) is 6.04 Å². The summed E-state index contributed by atoms with van der Waals surface area (Å²) in [4.78, 5) is 10.6. The minimum absolute atomic E-state index is 0.149. The van der Waals surface area contributed by atoms with E-state index in [2.05, 4.69) is 21.2 Å². The van der Waals surface area contributed by atoms with Crippen LogP contribution in [0, 0.1) is 0 Å². The Morgan fingerprint density at radius 1 is 1.58 bits per heavy atom. The molecule has 1 aromatic rings. The highest BCUT2D eigenvalue weighted by Crippen LogP contribution is 2.22. The van der Waals surface area contributed by atoms with E-state index in [0.717, 1.165) is 0 Å². The van der Waals surface area contributed by atoms with E-state index < -0.39 is 6.09 Å². The van der Waals surface area contributed by atoms with Crippen molar-refractivity contribution in [2.75, 3.05) is 6.61 Å². The van der Waals surface area contributed by atoms with Gasteiger partial charge in [-0.25, -0.2) is 4.79 Å². The van der Waals surface area contributed by atoms with Gasteiger partial charge in [0.2, 0.25) is 0 Å². The van der Waals surface area contributed by atoms with Gasteiger partial charge in [0.25, 0.3) is 0 Å². The lowest BCUT2D eigenvalue weighted by Gasteiger charge is -2.00. The molecule has 5 heteroatoms. The van der Waals surface area contributed by atoms with Crippen LogP contribution in [0.3, 0.4) is 0 Å². The average molecular weight is 232 g/mol. The molecular weight excluding hydrogens is 226 g/mol. The van der Waals surface area contributed by atoms with Crippen LogP contribution in [0.1, 0.15) is 11.8 Å². The smallest absolute Gasteiger partial charge is 0.407 e. The van der Waals surface area contributed by atoms with Crippen molar-refractivity contribution in [3.05, 3.63) is 22.6 Å². The van der Waals surface area contributed by atoms with E-state index >= 15 is 0 Å².